The summed E-state index contributed by atoms with van der Waals surface area (Å²) in [7, 11) is 0. The number of nitrogens with zero attached hydrogens (tertiary/aromatic N) is 2. The molecule has 0 spiro atoms. The van der Waals surface area contributed by atoms with Crippen molar-refractivity contribution < 1.29 is 0 Å². The smallest absolute Gasteiger partial charge is 0.0619 e. The molecule has 1 aliphatic rings. The lowest BCUT2D eigenvalue weighted by Crippen LogP contribution is -2.02. The standard InChI is InChI=1S/C48H34N2/c1-4-15-33(16-5-1)36-29-37(34-17-6-2-7-18-34)31-39(30-36)50-46-26-13-10-21-41(46)43-24-14-23-40(48(43)50)35-27-28-47-44(32-35)42-22-11-12-25-45(42)49(47)38-19-8-3-9-20-38/h1-11,13-24,26-32H,12,25H2. The number of hydrogen-bond donors (Lipinski definition) is 0. The minimum absolute atomic E-state index is 1.04. The second-order valence-corrected chi connectivity index (χ2v) is 13.3. The first-order chi connectivity index (χ1) is 24.8. The van der Waals surface area contributed by atoms with Gasteiger partial charge in [-0.1, -0.05) is 133 Å². The predicted molar refractivity (Wildman–Crippen MR) is 211 cm³/mol. The van der Waals surface area contributed by atoms with Gasteiger partial charge in [-0.3, -0.25) is 0 Å². The summed E-state index contributed by atoms with van der Waals surface area (Å²) in [6, 6.07) is 62.1. The second-order valence-electron chi connectivity index (χ2n) is 13.3. The fourth-order valence-electron chi connectivity index (χ4n) is 8.12. The Labute approximate surface area is 291 Å². The number of allylic oxidation sites excluding steroid dienone is 1. The summed E-state index contributed by atoms with van der Waals surface area (Å²) < 4.78 is 4.96. The Kier molecular flexibility index (Phi) is 6.67. The first-order valence-corrected chi connectivity index (χ1v) is 17.5. The third kappa shape index (κ3) is 4.57. The van der Waals surface area contributed by atoms with Gasteiger partial charge in [-0.2, -0.15) is 0 Å². The number of hydrogen-bond acceptors (Lipinski definition) is 0. The lowest BCUT2D eigenvalue weighted by Gasteiger charge is -2.16. The highest BCUT2D eigenvalue weighted by Gasteiger charge is 2.21. The molecule has 9 aromatic rings. The molecule has 0 unspecified atom stereocenters. The fraction of sp³-hybridized carbons (Fsp3) is 0.0417. The second kappa shape index (κ2) is 11.6. The molecule has 0 N–H and O–H groups in total. The largest absolute Gasteiger partial charge is 0.313 e. The first kappa shape index (κ1) is 28.6. The highest BCUT2D eigenvalue weighted by molar-refractivity contribution is 6.14. The number of para-hydroxylation sites is 3. The van der Waals surface area contributed by atoms with E-state index >= 15 is 0 Å². The number of aromatic nitrogens is 2. The number of rotatable bonds is 5. The summed E-state index contributed by atoms with van der Waals surface area (Å²) in [6.07, 6.45) is 6.76. The molecule has 0 bridgehead atoms. The maximum Gasteiger partial charge on any atom is 0.0619 e. The summed E-state index contributed by atoms with van der Waals surface area (Å²) in [4.78, 5) is 0. The van der Waals surface area contributed by atoms with E-state index in [1.165, 1.54) is 83.0 Å². The Balaban J connectivity index is 1.26. The van der Waals surface area contributed by atoms with Gasteiger partial charge in [-0.15, -0.1) is 0 Å². The Morgan fingerprint density at radius 3 is 1.78 bits per heavy atom. The van der Waals surface area contributed by atoms with E-state index in [1.807, 2.05) is 0 Å². The van der Waals surface area contributed by atoms with Crippen LogP contribution in [0.2, 0.25) is 0 Å². The van der Waals surface area contributed by atoms with Crippen LogP contribution in [0.1, 0.15) is 17.7 Å². The zero-order valence-electron chi connectivity index (χ0n) is 27.6. The van der Waals surface area contributed by atoms with Crippen LogP contribution in [-0.2, 0) is 6.42 Å². The van der Waals surface area contributed by atoms with Crippen molar-refractivity contribution >= 4 is 38.8 Å². The molecule has 2 aromatic heterocycles. The van der Waals surface area contributed by atoms with Gasteiger partial charge in [0.1, 0.15) is 0 Å². The molecule has 10 rings (SSSR count). The SMILES string of the molecule is C1=Cc2c(n(-c3ccccc3)c3ccc(-c4cccc5c6ccccc6n(-c6cc(-c7ccccc7)cc(-c7ccccc7)c6)c45)cc23)CC1. The highest BCUT2D eigenvalue weighted by Crippen LogP contribution is 2.42. The van der Waals surface area contributed by atoms with Crippen LogP contribution in [0.3, 0.4) is 0 Å². The lowest BCUT2D eigenvalue weighted by molar-refractivity contribution is 0.888. The van der Waals surface area contributed by atoms with Gasteiger partial charge in [0.05, 0.1) is 16.6 Å². The molecule has 0 saturated heterocycles. The van der Waals surface area contributed by atoms with Gasteiger partial charge in [0.25, 0.3) is 0 Å². The highest BCUT2D eigenvalue weighted by atomic mass is 15.0. The van der Waals surface area contributed by atoms with Crippen molar-refractivity contribution in [3.05, 3.63) is 187 Å². The quantitative estimate of drug-likeness (QED) is 0.178. The molecule has 50 heavy (non-hydrogen) atoms. The molecule has 0 atom stereocenters. The maximum absolute atomic E-state index is 2.49. The summed E-state index contributed by atoms with van der Waals surface area (Å²) in [5.41, 5.74) is 16.1. The van der Waals surface area contributed by atoms with Crippen LogP contribution in [0.4, 0.5) is 0 Å². The Morgan fingerprint density at radius 2 is 1.04 bits per heavy atom. The Bertz CT molecular complexity index is 2670. The van der Waals surface area contributed by atoms with Crippen molar-refractivity contribution in [1.82, 2.24) is 9.13 Å². The van der Waals surface area contributed by atoms with Gasteiger partial charge < -0.3 is 9.13 Å². The normalized spacial score (nSPS) is 12.6. The molecule has 2 heterocycles. The van der Waals surface area contributed by atoms with E-state index in [0.29, 0.717) is 0 Å². The summed E-state index contributed by atoms with van der Waals surface area (Å²) in [5.74, 6) is 0. The van der Waals surface area contributed by atoms with Crippen molar-refractivity contribution in [3.63, 3.8) is 0 Å². The van der Waals surface area contributed by atoms with Gasteiger partial charge in [-0.05, 0) is 89.2 Å². The van der Waals surface area contributed by atoms with E-state index in [2.05, 4.69) is 191 Å². The zero-order chi connectivity index (χ0) is 33.0. The first-order valence-electron chi connectivity index (χ1n) is 17.5. The van der Waals surface area contributed by atoms with E-state index in [1.54, 1.807) is 0 Å². The third-order valence-electron chi connectivity index (χ3n) is 10.4. The molecule has 1 aliphatic carbocycles. The average molecular weight is 639 g/mol. The van der Waals surface area contributed by atoms with Gasteiger partial charge in [0.2, 0.25) is 0 Å². The van der Waals surface area contributed by atoms with Crippen LogP contribution in [0.5, 0.6) is 0 Å². The van der Waals surface area contributed by atoms with Crippen molar-refractivity contribution in [2.24, 2.45) is 0 Å². The molecule has 0 radical (unpaired) electrons. The molecular formula is C48H34N2. The molecule has 236 valence electrons. The monoisotopic (exact) mass is 638 g/mol. The maximum atomic E-state index is 2.49. The Morgan fingerprint density at radius 1 is 0.400 bits per heavy atom. The van der Waals surface area contributed by atoms with Crippen molar-refractivity contribution in [3.8, 4) is 44.8 Å². The van der Waals surface area contributed by atoms with Crippen LogP contribution in [0, 0.1) is 0 Å². The van der Waals surface area contributed by atoms with Crippen LogP contribution in [0.15, 0.2) is 176 Å². The molecule has 0 saturated carbocycles. The van der Waals surface area contributed by atoms with E-state index in [4.69, 9.17) is 0 Å². The lowest BCUT2D eigenvalue weighted by atomic mass is 9.97. The summed E-state index contributed by atoms with van der Waals surface area (Å²) in [6.45, 7) is 0. The molecule has 0 amide bonds. The zero-order valence-corrected chi connectivity index (χ0v) is 27.6. The minimum atomic E-state index is 1.04. The summed E-state index contributed by atoms with van der Waals surface area (Å²) >= 11 is 0. The molecular weight excluding hydrogens is 605 g/mol. The van der Waals surface area contributed by atoms with Crippen LogP contribution in [-0.4, -0.2) is 9.13 Å². The fourth-order valence-corrected chi connectivity index (χ4v) is 8.12. The molecule has 2 heteroatoms. The van der Waals surface area contributed by atoms with Crippen molar-refractivity contribution in [2.75, 3.05) is 0 Å². The molecule has 2 nitrogen and oxygen atoms in total. The van der Waals surface area contributed by atoms with Gasteiger partial charge >= 0.3 is 0 Å². The number of fused-ring (bicyclic) bond motifs is 6. The third-order valence-corrected chi connectivity index (χ3v) is 10.4. The van der Waals surface area contributed by atoms with Gasteiger partial charge in [0.15, 0.2) is 0 Å². The van der Waals surface area contributed by atoms with E-state index in [-0.39, 0.29) is 0 Å². The minimum Gasteiger partial charge on any atom is -0.313 e. The summed E-state index contributed by atoms with van der Waals surface area (Å²) in [5, 5.41) is 3.81. The molecule has 0 aliphatic heterocycles. The molecule has 7 aromatic carbocycles. The number of benzene rings is 7. The van der Waals surface area contributed by atoms with E-state index in [9.17, 15) is 0 Å². The Hall–Kier alpha value is -6.38. The van der Waals surface area contributed by atoms with Crippen LogP contribution >= 0.6 is 0 Å². The van der Waals surface area contributed by atoms with Crippen LogP contribution < -0.4 is 0 Å². The molecule has 0 fully saturated rings. The van der Waals surface area contributed by atoms with E-state index < -0.39 is 0 Å². The van der Waals surface area contributed by atoms with Gasteiger partial charge in [-0.25, -0.2) is 0 Å². The average Bonchev–Trinajstić information content (AvgIpc) is 3.71. The van der Waals surface area contributed by atoms with Gasteiger partial charge in [0, 0.05) is 44.4 Å². The predicted octanol–water partition coefficient (Wildman–Crippen LogP) is 12.7. The topological polar surface area (TPSA) is 9.86 Å². The van der Waals surface area contributed by atoms with Crippen molar-refractivity contribution in [2.45, 2.75) is 12.8 Å². The van der Waals surface area contributed by atoms with Crippen LogP contribution in [0.25, 0.3) is 83.5 Å². The van der Waals surface area contributed by atoms with E-state index in [0.717, 1.165) is 18.5 Å². The van der Waals surface area contributed by atoms with Crippen molar-refractivity contribution in [1.29, 1.82) is 0 Å².